The molecule has 0 bridgehead atoms. The first-order chi connectivity index (χ1) is 8.48. The van der Waals surface area contributed by atoms with E-state index in [9.17, 15) is 0 Å². The summed E-state index contributed by atoms with van der Waals surface area (Å²) in [4.78, 5) is 3.82. The molecule has 3 heteroatoms. The maximum absolute atomic E-state index is 3.72. The summed E-state index contributed by atoms with van der Waals surface area (Å²) in [5.74, 6) is 0. The molecule has 0 spiro atoms. The molecule has 1 heterocycles. The minimum absolute atomic E-state index is 0.187. The van der Waals surface area contributed by atoms with E-state index in [1.165, 1.54) is 24.1 Å². The van der Waals surface area contributed by atoms with Gasteiger partial charge in [0, 0.05) is 16.5 Å². The van der Waals surface area contributed by atoms with Gasteiger partial charge in [0.05, 0.1) is 0 Å². The monoisotopic (exact) mass is 268 g/mol. The average molecular weight is 268 g/mol. The van der Waals surface area contributed by atoms with Crippen LogP contribution in [0.4, 0.5) is 0 Å². The Morgan fingerprint density at radius 1 is 1.39 bits per heavy atom. The molecule has 1 aromatic rings. The lowest BCUT2D eigenvalue weighted by atomic mass is 9.89. The Labute approximate surface area is 116 Å². The summed E-state index contributed by atoms with van der Waals surface area (Å²) in [5, 5.41) is 5.88. The third-order valence-corrected chi connectivity index (χ3v) is 4.84. The first-order valence-electron chi connectivity index (χ1n) is 6.91. The van der Waals surface area contributed by atoms with Crippen LogP contribution < -0.4 is 5.32 Å². The van der Waals surface area contributed by atoms with Crippen molar-refractivity contribution in [2.75, 3.05) is 20.6 Å². The number of hydrogen-bond acceptors (Lipinski definition) is 3. The van der Waals surface area contributed by atoms with Gasteiger partial charge in [0.15, 0.2) is 0 Å². The van der Waals surface area contributed by atoms with Crippen LogP contribution in [0.2, 0.25) is 0 Å². The van der Waals surface area contributed by atoms with E-state index in [1.807, 2.05) is 11.3 Å². The fourth-order valence-corrected chi connectivity index (χ4v) is 2.80. The van der Waals surface area contributed by atoms with Crippen LogP contribution in [0.3, 0.4) is 0 Å². The predicted octanol–water partition coefficient (Wildman–Crippen LogP) is 3.39. The van der Waals surface area contributed by atoms with Crippen LogP contribution in [0.5, 0.6) is 0 Å². The molecule has 1 aromatic heterocycles. The summed E-state index contributed by atoms with van der Waals surface area (Å²) in [5.41, 5.74) is 0.187. The Morgan fingerprint density at radius 3 is 2.61 bits per heavy atom. The molecule has 0 aliphatic heterocycles. The number of rotatable bonds is 8. The van der Waals surface area contributed by atoms with Gasteiger partial charge in [-0.1, -0.05) is 13.0 Å². The maximum atomic E-state index is 3.72. The van der Waals surface area contributed by atoms with Gasteiger partial charge in [-0.05, 0) is 65.2 Å². The van der Waals surface area contributed by atoms with E-state index in [-0.39, 0.29) is 5.54 Å². The standard InChI is InChI=1S/C15H28N2S/c1-6-11-16-14(15(2,3)17(4)5)10-9-13-8-7-12-18-13/h7-8,12,14,16H,6,9-11H2,1-5H3. The second-order valence-corrected chi connectivity index (χ2v) is 6.71. The van der Waals surface area contributed by atoms with Gasteiger partial charge >= 0.3 is 0 Å². The van der Waals surface area contributed by atoms with Gasteiger partial charge < -0.3 is 10.2 Å². The highest BCUT2D eigenvalue weighted by atomic mass is 32.1. The first-order valence-corrected chi connectivity index (χ1v) is 7.79. The van der Waals surface area contributed by atoms with Crippen molar-refractivity contribution in [3.05, 3.63) is 22.4 Å². The molecule has 104 valence electrons. The molecule has 0 aliphatic rings. The Hall–Kier alpha value is -0.380. The summed E-state index contributed by atoms with van der Waals surface area (Å²) >= 11 is 1.87. The van der Waals surface area contributed by atoms with Crippen molar-refractivity contribution in [2.24, 2.45) is 0 Å². The lowest BCUT2D eigenvalue weighted by Crippen LogP contribution is -2.55. The lowest BCUT2D eigenvalue weighted by Gasteiger charge is -2.41. The van der Waals surface area contributed by atoms with E-state index in [4.69, 9.17) is 0 Å². The number of nitrogens with one attached hydrogen (secondary N) is 1. The van der Waals surface area contributed by atoms with E-state index < -0.39 is 0 Å². The first kappa shape index (κ1) is 15.7. The fourth-order valence-electron chi connectivity index (χ4n) is 2.08. The van der Waals surface area contributed by atoms with Crippen LogP contribution in [-0.4, -0.2) is 37.1 Å². The van der Waals surface area contributed by atoms with Crippen LogP contribution >= 0.6 is 11.3 Å². The molecule has 1 unspecified atom stereocenters. The van der Waals surface area contributed by atoms with Gasteiger partial charge in [0.25, 0.3) is 0 Å². The van der Waals surface area contributed by atoms with Crippen molar-refractivity contribution in [3.63, 3.8) is 0 Å². The number of likely N-dealkylation sites (N-methyl/N-ethyl adjacent to an activating group) is 1. The second kappa shape index (κ2) is 7.27. The average Bonchev–Trinajstić information content (AvgIpc) is 2.81. The molecule has 1 N–H and O–H groups in total. The normalized spacial score (nSPS) is 14.1. The van der Waals surface area contributed by atoms with E-state index in [0.717, 1.165) is 6.54 Å². The van der Waals surface area contributed by atoms with Crippen molar-refractivity contribution in [1.82, 2.24) is 10.2 Å². The smallest absolute Gasteiger partial charge is 0.0300 e. The SMILES string of the molecule is CCCNC(CCc1cccs1)C(C)(C)N(C)C. The van der Waals surface area contributed by atoms with Gasteiger partial charge in [0.2, 0.25) is 0 Å². The molecular weight excluding hydrogens is 240 g/mol. The molecule has 0 aliphatic carbocycles. The van der Waals surface area contributed by atoms with Crippen molar-refractivity contribution in [1.29, 1.82) is 0 Å². The Kier molecular flexibility index (Phi) is 6.33. The molecule has 1 rings (SSSR count). The van der Waals surface area contributed by atoms with Crippen molar-refractivity contribution in [2.45, 2.75) is 51.6 Å². The number of nitrogens with zero attached hydrogens (tertiary/aromatic N) is 1. The molecule has 0 radical (unpaired) electrons. The molecule has 0 saturated carbocycles. The topological polar surface area (TPSA) is 15.3 Å². The van der Waals surface area contributed by atoms with Gasteiger partial charge in [0.1, 0.15) is 0 Å². The summed E-state index contributed by atoms with van der Waals surface area (Å²) in [7, 11) is 4.34. The van der Waals surface area contributed by atoms with Crippen LogP contribution in [0.15, 0.2) is 17.5 Å². The van der Waals surface area contributed by atoms with Gasteiger partial charge in [-0.15, -0.1) is 11.3 Å². The Balaban J connectivity index is 2.60. The second-order valence-electron chi connectivity index (χ2n) is 5.67. The van der Waals surface area contributed by atoms with Crippen LogP contribution in [0.25, 0.3) is 0 Å². The zero-order valence-corrected chi connectivity index (χ0v) is 13.3. The van der Waals surface area contributed by atoms with Crippen molar-refractivity contribution < 1.29 is 0 Å². The third kappa shape index (κ3) is 4.38. The highest BCUT2D eigenvalue weighted by molar-refractivity contribution is 7.09. The third-order valence-electron chi connectivity index (χ3n) is 3.91. The predicted molar refractivity (Wildman–Crippen MR) is 82.5 cm³/mol. The van der Waals surface area contributed by atoms with Crippen molar-refractivity contribution in [3.8, 4) is 0 Å². The summed E-state index contributed by atoms with van der Waals surface area (Å²) in [6, 6.07) is 4.92. The molecule has 0 saturated heterocycles. The summed E-state index contributed by atoms with van der Waals surface area (Å²) in [6.45, 7) is 7.99. The quantitative estimate of drug-likeness (QED) is 0.777. The largest absolute Gasteiger partial charge is 0.312 e. The van der Waals surface area contributed by atoms with Crippen LogP contribution in [0.1, 0.15) is 38.5 Å². The maximum Gasteiger partial charge on any atom is 0.0300 e. The van der Waals surface area contributed by atoms with E-state index in [1.54, 1.807) is 0 Å². The lowest BCUT2D eigenvalue weighted by molar-refractivity contribution is 0.132. The number of thiophene rings is 1. The highest BCUT2D eigenvalue weighted by Gasteiger charge is 2.30. The Morgan fingerprint density at radius 2 is 2.11 bits per heavy atom. The zero-order valence-electron chi connectivity index (χ0n) is 12.5. The molecular formula is C15H28N2S. The van der Waals surface area contributed by atoms with Crippen LogP contribution in [-0.2, 0) is 6.42 Å². The molecule has 1 atom stereocenters. The Bertz CT molecular complexity index is 317. The van der Waals surface area contributed by atoms with E-state index >= 15 is 0 Å². The van der Waals surface area contributed by atoms with Gasteiger partial charge in [-0.2, -0.15) is 0 Å². The van der Waals surface area contributed by atoms with Gasteiger partial charge in [-0.25, -0.2) is 0 Å². The van der Waals surface area contributed by atoms with E-state index in [2.05, 4.69) is 62.6 Å². The van der Waals surface area contributed by atoms with E-state index in [0.29, 0.717) is 6.04 Å². The number of hydrogen-bond donors (Lipinski definition) is 1. The van der Waals surface area contributed by atoms with Gasteiger partial charge in [-0.3, -0.25) is 0 Å². The minimum atomic E-state index is 0.187. The fraction of sp³-hybridized carbons (Fsp3) is 0.733. The molecule has 0 fully saturated rings. The summed E-state index contributed by atoms with van der Waals surface area (Å²) in [6.07, 6.45) is 3.57. The van der Waals surface area contributed by atoms with Crippen LogP contribution in [0, 0.1) is 0 Å². The summed E-state index contributed by atoms with van der Waals surface area (Å²) < 4.78 is 0. The minimum Gasteiger partial charge on any atom is -0.312 e. The molecule has 18 heavy (non-hydrogen) atoms. The number of aryl methyl sites for hydroxylation is 1. The van der Waals surface area contributed by atoms with Crippen molar-refractivity contribution >= 4 is 11.3 Å². The highest BCUT2D eigenvalue weighted by Crippen LogP contribution is 2.21. The zero-order chi connectivity index (χ0) is 13.6. The molecule has 0 amide bonds. The molecule has 0 aromatic carbocycles. The molecule has 2 nitrogen and oxygen atoms in total.